The first-order chi connectivity index (χ1) is 9.74. The number of nitrogens with zero attached hydrogens (tertiary/aromatic N) is 3. The van der Waals surface area contributed by atoms with Crippen LogP contribution in [0.1, 0.15) is 34.9 Å². The molecule has 0 bridgehead atoms. The Kier molecular flexibility index (Phi) is 3.56. The highest BCUT2D eigenvalue weighted by atomic mass is 19.1. The summed E-state index contributed by atoms with van der Waals surface area (Å²) in [6.07, 6.45) is 3.39. The lowest BCUT2D eigenvalue weighted by Gasteiger charge is -2.21. The Balaban J connectivity index is 1.78. The van der Waals surface area contributed by atoms with Gasteiger partial charge in [-0.25, -0.2) is 9.07 Å². The maximum absolute atomic E-state index is 12.8. The average molecular weight is 275 g/mol. The molecule has 1 saturated heterocycles. The summed E-state index contributed by atoms with van der Waals surface area (Å²) in [5.74, 6) is -0.615. The van der Waals surface area contributed by atoms with Crippen molar-refractivity contribution in [2.75, 3.05) is 13.2 Å². The number of aromatic nitrogens is 3. The van der Waals surface area contributed by atoms with Crippen LogP contribution in [0.2, 0.25) is 0 Å². The monoisotopic (exact) mass is 275 g/mol. The number of halogens is 1. The van der Waals surface area contributed by atoms with E-state index in [9.17, 15) is 9.18 Å². The van der Waals surface area contributed by atoms with Gasteiger partial charge in [-0.05, 0) is 37.1 Å². The molecule has 0 amide bonds. The summed E-state index contributed by atoms with van der Waals surface area (Å²) in [7, 11) is 0. The Morgan fingerprint density at radius 3 is 2.65 bits per heavy atom. The van der Waals surface area contributed by atoms with Crippen LogP contribution in [0.25, 0.3) is 0 Å². The third-order valence-electron chi connectivity index (χ3n) is 3.41. The van der Waals surface area contributed by atoms with Gasteiger partial charge >= 0.3 is 0 Å². The van der Waals surface area contributed by atoms with Gasteiger partial charge in [0.05, 0.1) is 12.2 Å². The van der Waals surface area contributed by atoms with Gasteiger partial charge in [0.15, 0.2) is 5.69 Å². The average Bonchev–Trinajstić information content (AvgIpc) is 2.98. The number of carbonyl (C=O) groups is 1. The van der Waals surface area contributed by atoms with Crippen molar-refractivity contribution in [1.29, 1.82) is 0 Å². The van der Waals surface area contributed by atoms with Crippen molar-refractivity contribution in [3.8, 4) is 0 Å². The molecule has 1 aromatic carbocycles. The topological polar surface area (TPSA) is 57.0 Å². The van der Waals surface area contributed by atoms with E-state index in [-0.39, 0.29) is 23.3 Å². The Morgan fingerprint density at radius 1 is 1.25 bits per heavy atom. The highest BCUT2D eigenvalue weighted by molar-refractivity contribution is 6.07. The van der Waals surface area contributed by atoms with Crippen LogP contribution in [-0.2, 0) is 4.74 Å². The van der Waals surface area contributed by atoms with Crippen LogP contribution in [0.5, 0.6) is 0 Å². The van der Waals surface area contributed by atoms with E-state index in [4.69, 9.17) is 4.74 Å². The minimum Gasteiger partial charge on any atom is -0.381 e. The number of benzene rings is 1. The molecule has 2 aromatic rings. The molecule has 5 nitrogen and oxygen atoms in total. The summed E-state index contributed by atoms with van der Waals surface area (Å²) < 4.78 is 19.9. The van der Waals surface area contributed by atoms with Gasteiger partial charge in [0.25, 0.3) is 0 Å². The van der Waals surface area contributed by atoms with Crippen molar-refractivity contribution in [3.63, 3.8) is 0 Å². The molecule has 2 heterocycles. The van der Waals surface area contributed by atoms with Crippen LogP contribution in [0, 0.1) is 5.82 Å². The van der Waals surface area contributed by atoms with Gasteiger partial charge in [-0.15, -0.1) is 5.10 Å². The molecule has 1 fully saturated rings. The van der Waals surface area contributed by atoms with E-state index >= 15 is 0 Å². The zero-order valence-corrected chi connectivity index (χ0v) is 10.8. The van der Waals surface area contributed by atoms with Crippen LogP contribution in [0.3, 0.4) is 0 Å². The lowest BCUT2D eigenvalue weighted by Crippen LogP contribution is -2.20. The minimum absolute atomic E-state index is 0.228. The largest absolute Gasteiger partial charge is 0.381 e. The number of hydrogen-bond acceptors (Lipinski definition) is 4. The third kappa shape index (κ3) is 2.60. The molecule has 0 radical (unpaired) electrons. The molecule has 1 aliphatic heterocycles. The Labute approximate surface area is 115 Å². The molecule has 20 heavy (non-hydrogen) atoms. The summed E-state index contributed by atoms with van der Waals surface area (Å²) in [6, 6.07) is 5.65. The van der Waals surface area contributed by atoms with Gasteiger partial charge in [-0.2, -0.15) is 0 Å². The van der Waals surface area contributed by atoms with Gasteiger partial charge in [0.1, 0.15) is 5.82 Å². The number of ether oxygens (including phenoxy) is 1. The van der Waals surface area contributed by atoms with Crippen molar-refractivity contribution in [2.45, 2.75) is 18.9 Å². The second-order valence-corrected chi connectivity index (χ2v) is 4.76. The number of carbonyl (C=O) groups excluding carboxylic acids is 1. The Bertz CT molecular complexity index is 603. The smallest absolute Gasteiger partial charge is 0.214 e. The SMILES string of the molecule is O=C(c1ccc(F)cc1)c1cn(C2CCOCC2)nn1. The van der Waals surface area contributed by atoms with Gasteiger partial charge in [-0.3, -0.25) is 4.79 Å². The predicted octanol–water partition coefficient (Wildman–Crippen LogP) is 2.00. The first-order valence-electron chi connectivity index (χ1n) is 6.54. The van der Waals surface area contributed by atoms with Crippen molar-refractivity contribution in [3.05, 3.63) is 47.5 Å². The number of hydrogen-bond donors (Lipinski definition) is 0. The molecule has 104 valence electrons. The van der Waals surface area contributed by atoms with Crippen molar-refractivity contribution >= 4 is 5.78 Å². The highest BCUT2D eigenvalue weighted by Gasteiger charge is 2.19. The molecule has 0 atom stereocenters. The summed E-state index contributed by atoms with van der Waals surface area (Å²) in [4.78, 5) is 12.2. The first kappa shape index (κ1) is 12.9. The van der Waals surface area contributed by atoms with E-state index < -0.39 is 0 Å². The molecule has 0 saturated carbocycles. The zero-order valence-electron chi connectivity index (χ0n) is 10.8. The second kappa shape index (κ2) is 5.50. The molecule has 0 unspecified atom stereocenters. The molecule has 0 spiro atoms. The quantitative estimate of drug-likeness (QED) is 0.804. The van der Waals surface area contributed by atoms with E-state index in [0.29, 0.717) is 18.8 Å². The maximum Gasteiger partial charge on any atom is 0.214 e. The fourth-order valence-corrected chi connectivity index (χ4v) is 2.26. The van der Waals surface area contributed by atoms with E-state index in [1.165, 1.54) is 24.3 Å². The summed E-state index contributed by atoms with van der Waals surface area (Å²) >= 11 is 0. The lowest BCUT2D eigenvalue weighted by atomic mass is 10.1. The lowest BCUT2D eigenvalue weighted by molar-refractivity contribution is 0.0657. The predicted molar refractivity (Wildman–Crippen MR) is 68.9 cm³/mol. The van der Waals surface area contributed by atoms with Crippen molar-refractivity contribution in [2.24, 2.45) is 0 Å². The molecule has 6 heteroatoms. The normalized spacial score (nSPS) is 16.2. The van der Waals surface area contributed by atoms with Crippen LogP contribution in [0.15, 0.2) is 30.5 Å². The number of rotatable bonds is 3. The molecule has 1 aliphatic rings. The van der Waals surface area contributed by atoms with Crippen LogP contribution in [-0.4, -0.2) is 34.0 Å². The fourth-order valence-electron chi connectivity index (χ4n) is 2.26. The zero-order chi connectivity index (χ0) is 13.9. The molecular weight excluding hydrogens is 261 g/mol. The summed E-state index contributed by atoms with van der Waals surface area (Å²) in [5.41, 5.74) is 0.688. The van der Waals surface area contributed by atoms with Crippen LogP contribution in [0.4, 0.5) is 4.39 Å². The first-order valence-corrected chi connectivity index (χ1v) is 6.54. The van der Waals surface area contributed by atoms with Crippen LogP contribution < -0.4 is 0 Å². The minimum atomic E-state index is -0.368. The Hall–Kier alpha value is -2.08. The molecule has 0 N–H and O–H groups in total. The van der Waals surface area contributed by atoms with Crippen LogP contribution >= 0.6 is 0 Å². The molecule has 0 aliphatic carbocycles. The van der Waals surface area contributed by atoms with Crippen molar-refractivity contribution < 1.29 is 13.9 Å². The highest BCUT2D eigenvalue weighted by Crippen LogP contribution is 2.20. The van der Waals surface area contributed by atoms with E-state index in [2.05, 4.69) is 10.3 Å². The van der Waals surface area contributed by atoms with Gasteiger partial charge in [0, 0.05) is 18.8 Å². The van der Waals surface area contributed by atoms with E-state index in [1.54, 1.807) is 10.9 Å². The third-order valence-corrected chi connectivity index (χ3v) is 3.41. The standard InChI is InChI=1S/C14H14FN3O2/c15-11-3-1-10(2-4-11)14(19)13-9-18(17-16-13)12-5-7-20-8-6-12/h1-4,9,12H,5-8H2. The van der Waals surface area contributed by atoms with E-state index in [1.807, 2.05) is 0 Å². The maximum atomic E-state index is 12.8. The summed E-state index contributed by atoms with van der Waals surface area (Å²) in [5, 5.41) is 7.94. The molecule has 3 rings (SSSR count). The van der Waals surface area contributed by atoms with Gasteiger partial charge in [-0.1, -0.05) is 5.21 Å². The fraction of sp³-hybridized carbons (Fsp3) is 0.357. The number of ketones is 1. The Morgan fingerprint density at radius 2 is 1.95 bits per heavy atom. The van der Waals surface area contributed by atoms with Gasteiger partial charge in [0.2, 0.25) is 5.78 Å². The van der Waals surface area contributed by atoms with Gasteiger partial charge < -0.3 is 4.74 Å². The second-order valence-electron chi connectivity index (χ2n) is 4.76. The molecular formula is C14H14FN3O2. The summed E-state index contributed by atoms with van der Waals surface area (Å²) in [6.45, 7) is 1.40. The van der Waals surface area contributed by atoms with Crippen molar-refractivity contribution in [1.82, 2.24) is 15.0 Å². The molecule has 1 aromatic heterocycles. The van der Waals surface area contributed by atoms with E-state index in [0.717, 1.165) is 12.8 Å².